The summed E-state index contributed by atoms with van der Waals surface area (Å²) in [6, 6.07) is 49.8. The average molecular weight is 614 g/mol. The van der Waals surface area contributed by atoms with Crippen LogP contribution in [0.5, 0.6) is 0 Å². The van der Waals surface area contributed by atoms with Crippen LogP contribution in [-0.4, -0.2) is 23.1 Å². The van der Waals surface area contributed by atoms with E-state index in [4.69, 9.17) is 9.99 Å². The predicted octanol–water partition coefficient (Wildman–Crippen LogP) is 6.82. The highest BCUT2D eigenvalue weighted by Crippen LogP contribution is 2.73. The lowest BCUT2D eigenvalue weighted by molar-refractivity contribution is 0.0293. The highest BCUT2D eigenvalue weighted by molar-refractivity contribution is 7.83. The van der Waals surface area contributed by atoms with E-state index in [1.165, 1.54) is 0 Å². The van der Waals surface area contributed by atoms with Crippen LogP contribution in [0.15, 0.2) is 157 Å². The molecule has 4 nitrogen and oxygen atoms in total. The molecule has 0 saturated heterocycles. The van der Waals surface area contributed by atoms with E-state index in [9.17, 15) is 0 Å². The Bertz CT molecular complexity index is 1810. The Morgan fingerprint density at radius 3 is 1.27 bits per heavy atom. The van der Waals surface area contributed by atoms with E-state index in [0.29, 0.717) is 0 Å². The smallest absolute Gasteiger partial charge is 0.147 e. The highest BCUT2D eigenvalue weighted by atomic mass is 31.2. The molecule has 44 heavy (non-hydrogen) atoms. The van der Waals surface area contributed by atoms with Gasteiger partial charge in [0.25, 0.3) is 0 Å². The number of rotatable bonds is 7. The van der Waals surface area contributed by atoms with Crippen molar-refractivity contribution in [2.45, 2.75) is 23.8 Å². The zero-order chi connectivity index (χ0) is 29.7. The number of hydrogen-bond donors (Lipinski definition) is 0. The first-order chi connectivity index (χ1) is 21.6. The van der Waals surface area contributed by atoms with Crippen LogP contribution < -0.4 is 21.2 Å². The first kappa shape index (κ1) is 27.6. The van der Waals surface area contributed by atoms with Gasteiger partial charge in [0, 0.05) is 44.4 Å². The van der Waals surface area contributed by atoms with Crippen molar-refractivity contribution < 1.29 is 14.0 Å². The van der Waals surface area contributed by atoms with Crippen LogP contribution in [0, 0.1) is 17.8 Å². The first-order valence-corrected chi connectivity index (χ1v) is 18.9. The van der Waals surface area contributed by atoms with Gasteiger partial charge >= 0.3 is 0 Å². The van der Waals surface area contributed by atoms with Crippen molar-refractivity contribution in [3.63, 3.8) is 0 Å². The Balaban J connectivity index is 1.39. The van der Waals surface area contributed by atoms with Gasteiger partial charge in [0.05, 0.1) is 5.71 Å². The lowest BCUT2D eigenvalue weighted by atomic mass is 9.80. The molecule has 0 spiro atoms. The number of oxime groups is 1. The molecule has 2 fully saturated rings. The second-order valence-electron chi connectivity index (χ2n) is 12.1. The Labute approximate surface area is 258 Å². The van der Waals surface area contributed by atoms with Crippen molar-refractivity contribution >= 4 is 41.2 Å². The first-order valence-electron chi connectivity index (χ1n) is 15.3. The van der Waals surface area contributed by atoms with E-state index >= 15 is 9.13 Å². The minimum atomic E-state index is -3.36. The zero-order valence-electron chi connectivity index (χ0n) is 24.2. The fraction of sp³-hybridized carbons (Fsp3) is 0.184. The van der Waals surface area contributed by atoms with Crippen LogP contribution in [0.4, 0.5) is 0 Å². The summed E-state index contributed by atoms with van der Waals surface area (Å²) < 4.78 is 32.6. The van der Waals surface area contributed by atoms with E-state index < -0.39 is 19.9 Å². The predicted molar refractivity (Wildman–Crippen MR) is 180 cm³/mol. The second kappa shape index (κ2) is 10.9. The minimum Gasteiger partial charge on any atom is -0.391 e. The maximum atomic E-state index is 16.4. The Kier molecular flexibility index (Phi) is 6.82. The van der Waals surface area contributed by atoms with Crippen LogP contribution in [-0.2, 0) is 14.0 Å². The zero-order valence-corrected chi connectivity index (χ0v) is 26.0. The minimum absolute atomic E-state index is 0.0237. The number of fused-ring (bicyclic) bond motifs is 5. The molecule has 0 N–H and O–H groups in total. The summed E-state index contributed by atoms with van der Waals surface area (Å²) in [7, 11) is -6.71. The molecule has 8 rings (SSSR count). The third-order valence-corrected chi connectivity index (χ3v) is 17.6. The van der Waals surface area contributed by atoms with Gasteiger partial charge in [-0.3, -0.25) is 0 Å². The molecule has 2 bridgehead atoms. The van der Waals surface area contributed by atoms with Crippen LogP contribution in [0.2, 0.25) is 0 Å². The van der Waals surface area contributed by atoms with Crippen LogP contribution >= 0.6 is 14.3 Å². The molecule has 0 radical (unpaired) electrons. The molecule has 2 aliphatic carbocycles. The van der Waals surface area contributed by atoms with Crippen LogP contribution in [0.25, 0.3) is 0 Å². The summed E-state index contributed by atoms with van der Waals surface area (Å²) in [6.07, 6.45) is 0.585. The molecule has 1 aliphatic heterocycles. The van der Waals surface area contributed by atoms with Crippen LogP contribution in [0.1, 0.15) is 12.0 Å². The van der Waals surface area contributed by atoms with E-state index in [0.717, 1.165) is 38.9 Å². The third kappa shape index (κ3) is 4.08. The second-order valence-corrected chi connectivity index (χ2v) is 18.0. The average Bonchev–Trinajstić information content (AvgIpc) is 3.82. The summed E-state index contributed by atoms with van der Waals surface area (Å²) in [5.74, 6) is -0.125. The molecule has 0 unspecified atom stereocenters. The van der Waals surface area contributed by atoms with Crippen molar-refractivity contribution in [1.82, 2.24) is 0 Å². The van der Waals surface area contributed by atoms with E-state index in [-0.39, 0.29) is 29.5 Å². The van der Waals surface area contributed by atoms with Gasteiger partial charge in [-0.15, -0.1) is 0 Å². The molecule has 218 valence electrons. The Morgan fingerprint density at radius 2 is 0.864 bits per heavy atom. The third-order valence-electron chi connectivity index (χ3n) is 10.1. The quantitative estimate of drug-likeness (QED) is 0.189. The molecule has 5 aromatic carbocycles. The van der Waals surface area contributed by atoms with Crippen molar-refractivity contribution in [2.75, 3.05) is 0 Å². The summed E-state index contributed by atoms with van der Waals surface area (Å²) in [5, 5.41) is 7.93. The monoisotopic (exact) mass is 613 g/mol. The molecule has 6 atom stereocenters. The topological polar surface area (TPSA) is 55.7 Å². The summed E-state index contributed by atoms with van der Waals surface area (Å²) in [6.45, 7) is 0. The Hall–Kier alpha value is -3.97. The molecular formula is C38H33NO3P2. The molecule has 5 aromatic rings. The molecular weight excluding hydrogens is 580 g/mol. The SMILES string of the molecule is O=P(c1ccccc1)(c1ccccc1)[C@@H]1[C@@H]2C[C@H]([C@H]3ON=C(c4ccccc4)[C@H]23)[C@@H]1P(=O)(c1ccccc1)c1ccccc1. The molecule has 6 heteroatoms. The fourth-order valence-corrected chi connectivity index (χ4v) is 16.9. The van der Waals surface area contributed by atoms with Gasteiger partial charge < -0.3 is 14.0 Å². The van der Waals surface area contributed by atoms with E-state index in [1.807, 2.05) is 140 Å². The van der Waals surface area contributed by atoms with Gasteiger partial charge in [-0.1, -0.05) is 157 Å². The summed E-state index contributed by atoms with van der Waals surface area (Å²) in [4.78, 5) is 6.32. The van der Waals surface area contributed by atoms with E-state index in [1.54, 1.807) is 0 Å². The lowest BCUT2D eigenvalue weighted by Crippen LogP contribution is -2.50. The van der Waals surface area contributed by atoms with Crippen molar-refractivity contribution in [1.29, 1.82) is 0 Å². The van der Waals surface area contributed by atoms with Crippen molar-refractivity contribution in [3.05, 3.63) is 157 Å². The maximum absolute atomic E-state index is 16.4. The highest BCUT2D eigenvalue weighted by Gasteiger charge is 2.70. The molecule has 1 heterocycles. The van der Waals surface area contributed by atoms with Gasteiger partial charge in [-0.05, 0) is 17.9 Å². The van der Waals surface area contributed by atoms with Gasteiger partial charge in [-0.25, -0.2) is 0 Å². The van der Waals surface area contributed by atoms with Crippen molar-refractivity contribution in [3.8, 4) is 0 Å². The standard InChI is InChI=1S/C38H33NO3P2/c40-43(28-18-8-2-9-19-28,29-20-10-3-11-21-29)37-32-26-33(36-34(32)35(39-42-36)27-16-6-1-7-17-27)38(37)44(41,30-22-12-4-13-23-30)31-24-14-5-15-25-31/h1-25,32-34,36-38H,26H2/t32-,33-,34+,36-,37-,38+/m1/s1. The van der Waals surface area contributed by atoms with Gasteiger partial charge in [0.15, 0.2) is 0 Å². The summed E-state index contributed by atoms with van der Waals surface area (Å²) >= 11 is 0. The Morgan fingerprint density at radius 1 is 0.500 bits per heavy atom. The molecule has 2 saturated carbocycles. The number of benzene rings is 5. The van der Waals surface area contributed by atoms with E-state index in [2.05, 4.69) is 12.1 Å². The molecule has 3 aliphatic rings. The largest absolute Gasteiger partial charge is 0.391 e. The number of hydrogen-bond acceptors (Lipinski definition) is 4. The lowest BCUT2D eigenvalue weighted by Gasteiger charge is -2.44. The molecule has 0 amide bonds. The van der Waals surface area contributed by atoms with Gasteiger partial charge in [0.1, 0.15) is 20.4 Å². The fourth-order valence-electron chi connectivity index (χ4n) is 8.39. The normalized spacial score (nSPS) is 25.7. The van der Waals surface area contributed by atoms with Crippen molar-refractivity contribution in [2.24, 2.45) is 22.9 Å². The maximum Gasteiger partial charge on any atom is 0.147 e. The van der Waals surface area contributed by atoms with Gasteiger partial charge in [-0.2, -0.15) is 0 Å². The summed E-state index contributed by atoms with van der Waals surface area (Å²) in [5.41, 5.74) is 1.19. The van der Waals surface area contributed by atoms with Crippen LogP contribution in [0.3, 0.4) is 0 Å². The molecule has 0 aromatic heterocycles. The van der Waals surface area contributed by atoms with Gasteiger partial charge in [0.2, 0.25) is 0 Å². The number of nitrogens with zero attached hydrogens (tertiary/aromatic N) is 1.